The van der Waals surface area contributed by atoms with Crippen LogP contribution < -0.4 is 5.32 Å². The van der Waals surface area contributed by atoms with E-state index in [-0.39, 0.29) is 12.7 Å². The molecule has 116 valence electrons. The van der Waals surface area contributed by atoms with Crippen LogP contribution in [0.2, 0.25) is 0 Å². The molecule has 0 aliphatic carbocycles. The number of rotatable bonds is 6. The minimum atomic E-state index is -0.364. The summed E-state index contributed by atoms with van der Waals surface area (Å²) in [5.41, 5.74) is 2.26. The van der Waals surface area contributed by atoms with E-state index >= 15 is 0 Å². The summed E-state index contributed by atoms with van der Waals surface area (Å²) in [6.07, 6.45) is 0.534. The van der Waals surface area contributed by atoms with E-state index in [0.29, 0.717) is 6.54 Å². The fourth-order valence-corrected chi connectivity index (χ4v) is 2.81. The molecule has 1 amide bonds. The standard InChI is InChI=1S/C18H21NO2S/c1-3-12-19-18(20)21-13-15-6-4-5-7-17(15)22-16-10-8-14(2)9-11-16/h4-11H,3,12-13H2,1-2H3,(H,19,20). The van der Waals surface area contributed by atoms with Gasteiger partial charge in [-0.15, -0.1) is 0 Å². The summed E-state index contributed by atoms with van der Waals surface area (Å²) in [5.74, 6) is 0. The van der Waals surface area contributed by atoms with E-state index in [0.717, 1.165) is 16.9 Å². The Kier molecular flexibility index (Phi) is 6.34. The third-order valence-electron chi connectivity index (χ3n) is 3.10. The Morgan fingerprint density at radius 3 is 2.59 bits per heavy atom. The van der Waals surface area contributed by atoms with Gasteiger partial charge in [-0.25, -0.2) is 4.79 Å². The number of carbonyl (C=O) groups excluding carboxylic acids is 1. The van der Waals surface area contributed by atoms with Gasteiger partial charge in [0.1, 0.15) is 6.61 Å². The van der Waals surface area contributed by atoms with Gasteiger partial charge in [0.2, 0.25) is 0 Å². The van der Waals surface area contributed by atoms with Crippen LogP contribution in [0.4, 0.5) is 4.79 Å². The summed E-state index contributed by atoms with van der Waals surface area (Å²) in [7, 11) is 0. The van der Waals surface area contributed by atoms with Crippen LogP contribution in [0.25, 0.3) is 0 Å². The van der Waals surface area contributed by atoms with Gasteiger partial charge in [0, 0.05) is 21.9 Å². The molecule has 2 aromatic carbocycles. The molecule has 3 nitrogen and oxygen atoms in total. The molecule has 4 heteroatoms. The van der Waals surface area contributed by atoms with Gasteiger partial charge in [0.25, 0.3) is 0 Å². The number of benzene rings is 2. The summed E-state index contributed by atoms with van der Waals surface area (Å²) in [4.78, 5) is 13.8. The molecule has 0 aliphatic heterocycles. The summed E-state index contributed by atoms with van der Waals surface area (Å²) in [6.45, 7) is 5.00. The lowest BCUT2D eigenvalue weighted by Gasteiger charge is -2.10. The summed E-state index contributed by atoms with van der Waals surface area (Å²) in [5, 5.41) is 2.71. The van der Waals surface area contributed by atoms with Crippen LogP contribution in [-0.4, -0.2) is 12.6 Å². The lowest BCUT2D eigenvalue weighted by molar-refractivity contribution is 0.139. The highest BCUT2D eigenvalue weighted by atomic mass is 32.2. The largest absolute Gasteiger partial charge is 0.445 e. The normalized spacial score (nSPS) is 10.3. The first-order chi connectivity index (χ1) is 10.7. The lowest BCUT2D eigenvalue weighted by atomic mass is 10.2. The molecule has 2 aromatic rings. The molecule has 1 N–H and O–H groups in total. The zero-order valence-corrected chi connectivity index (χ0v) is 13.8. The van der Waals surface area contributed by atoms with Gasteiger partial charge in [0.15, 0.2) is 0 Å². The van der Waals surface area contributed by atoms with Crippen LogP contribution in [0.15, 0.2) is 58.3 Å². The van der Waals surface area contributed by atoms with Crippen molar-refractivity contribution in [2.24, 2.45) is 0 Å². The zero-order valence-electron chi connectivity index (χ0n) is 13.0. The molecule has 0 heterocycles. The van der Waals surface area contributed by atoms with Crippen molar-refractivity contribution in [3.8, 4) is 0 Å². The number of amides is 1. The Balaban J connectivity index is 2.00. The van der Waals surface area contributed by atoms with Crippen molar-refractivity contribution in [1.82, 2.24) is 5.32 Å². The quantitative estimate of drug-likeness (QED) is 0.833. The van der Waals surface area contributed by atoms with Gasteiger partial charge < -0.3 is 10.1 Å². The average molecular weight is 315 g/mol. The van der Waals surface area contributed by atoms with Gasteiger partial charge in [0.05, 0.1) is 0 Å². The maximum absolute atomic E-state index is 11.5. The van der Waals surface area contributed by atoms with Crippen LogP contribution in [-0.2, 0) is 11.3 Å². The van der Waals surface area contributed by atoms with Crippen LogP contribution in [0.3, 0.4) is 0 Å². The molecule has 0 aliphatic rings. The van der Waals surface area contributed by atoms with Gasteiger partial charge in [-0.1, -0.05) is 54.6 Å². The number of ether oxygens (including phenoxy) is 1. The third kappa shape index (κ3) is 5.11. The summed E-state index contributed by atoms with van der Waals surface area (Å²) in [6, 6.07) is 16.4. The van der Waals surface area contributed by atoms with E-state index < -0.39 is 0 Å². The van der Waals surface area contributed by atoms with Gasteiger partial charge in [-0.05, 0) is 31.5 Å². The molecular formula is C18H21NO2S. The molecule has 0 radical (unpaired) electrons. The Labute approximate surface area is 136 Å². The van der Waals surface area contributed by atoms with Crippen LogP contribution in [0.5, 0.6) is 0 Å². The maximum atomic E-state index is 11.5. The van der Waals surface area contributed by atoms with Crippen molar-refractivity contribution in [1.29, 1.82) is 0 Å². The average Bonchev–Trinajstić information content (AvgIpc) is 2.54. The van der Waals surface area contributed by atoms with Crippen molar-refractivity contribution in [2.45, 2.75) is 36.7 Å². The second kappa shape index (κ2) is 8.49. The molecule has 0 saturated carbocycles. The molecule has 22 heavy (non-hydrogen) atoms. The zero-order chi connectivity index (χ0) is 15.8. The molecule has 0 spiro atoms. The lowest BCUT2D eigenvalue weighted by Crippen LogP contribution is -2.24. The summed E-state index contributed by atoms with van der Waals surface area (Å²) < 4.78 is 5.26. The fraction of sp³-hybridized carbons (Fsp3) is 0.278. The van der Waals surface area contributed by atoms with Gasteiger partial charge in [-0.2, -0.15) is 0 Å². The molecule has 0 aromatic heterocycles. The van der Waals surface area contributed by atoms with E-state index in [9.17, 15) is 4.79 Å². The highest BCUT2D eigenvalue weighted by Crippen LogP contribution is 2.30. The number of nitrogens with one attached hydrogen (secondary N) is 1. The van der Waals surface area contributed by atoms with Crippen molar-refractivity contribution < 1.29 is 9.53 Å². The van der Waals surface area contributed by atoms with Crippen LogP contribution >= 0.6 is 11.8 Å². The second-order valence-electron chi connectivity index (χ2n) is 5.03. The Hall–Kier alpha value is -1.94. The number of alkyl carbamates (subject to hydrolysis) is 1. The van der Waals surface area contributed by atoms with Crippen LogP contribution in [0.1, 0.15) is 24.5 Å². The predicted octanol–water partition coefficient (Wildman–Crippen LogP) is 4.78. The van der Waals surface area contributed by atoms with Crippen molar-refractivity contribution in [3.05, 3.63) is 59.7 Å². The maximum Gasteiger partial charge on any atom is 0.407 e. The molecule has 0 saturated heterocycles. The Morgan fingerprint density at radius 2 is 1.86 bits per heavy atom. The second-order valence-corrected chi connectivity index (χ2v) is 6.14. The number of aryl methyl sites for hydroxylation is 1. The first-order valence-corrected chi connectivity index (χ1v) is 8.23. The predicted molar refractivity (Wildman–Crippen MR) is 90.2 cm³/mol. The van der Waals surface area contributed by atoms with E-state index in [1.165, 1.54) is 10.5 Å². The molecular weight excluding hydrogens is 294 g/mol. The molecule has 0 atom stereocenters. The Morgan fingerprint density at radius 1 is 1.14 bits per heavy atom. The van der Waals surface area contributed by atoms with Crippen LogP contribution in [0, 0.1) is 6.92 Å². The number of hydrogen-bond acceptors (Lipinski definition) is 3. The summed E-state index contributed by atoms with van der Waals surface area (Å²) >= 11 is 1.68. The molecule has 0 bridgehead atoms. The van der Waals surface area contributed by atoms with Gasteiger partial charge >= 0.3 is 6.09 Å². The van der Waals surface area contributed by atoms with E-state index in [2.05, 4.69) is 36.5 Å². The third-order valence-corrected chi connectivity index (χ3v) is 4.23. The highest BCUT2D eigenvalue weighted by molar-refractivity contribution is 7.99. The van der Waals surface area contributed by atoms with Crippen molar-refractivity contribution in [3.63, 3.8) is 0 Å². The topological polar surface area (TPSA) is 38.3 Å². The highest BCUT2D eigenvalue weighted by Gasteiger charge is 2.07. The number of carbonyl (C=O) groups is 1. The number of hydrogen-bond donors (Lipinski definition) is 1. The molecule has 0 unspecified atom stereocenters. The first kappa shape index (κ1) is 16.4. The first-order valence-electron chi connectivity index (χ1n) is 7.42. The molecule has 0 fully saturated rings. The Bertz CT molecular complexity index is 611. The minimum Gasteiger partial charge on any atom is -0.445 e. The fourth-order valence-electron chi connectivity index (χ4n) is 1.88. The minimum absolute atomic E-state index is 0.282. The molecule has 2 rings (SSSR count). The smallest absolute Gasteiger partial charge is 0.407 e. The van der Waals surface area contributed by atoms with Crippen molar-refractivity contribution >= 4 is 17.9 Å². The monoisotopic (exact) mass is 315 g/mol. The van der Waals surface area contributed by atoms with Crippen molar-refractivity contribution in [2.75, 3.05) is 6.54 Å². The van der Waals surface area contributed by atoms with E-state index in [1.54, 1.807) is 11.8 Å². The van der Waals surface area contributed by atoms with E-state index in [4.69, 9.17) is 4.74 Å². The SMILES string of the molecule is CCCNC(=O)OCc1ccccc1Sc1ccc(C)cc1. The van der Waals surface area contributed by atoms with E-state index in [1.807, 2.05) is 31.2 Å². The van der Waals surface area contributed by atoms with Gasteiger partial charge in [-0.3, -0.25) is 0 Å².